The van der Waals surface area contributed by atoms with Crippen molar-refractivity contribution < 1.29 is 27.5 Å². The summed E-state index contributed by atoms with van der Waals surface area (Å²) in [6.45, 7) is 3.54. The van der Waals surface area contributed by atoms with Crippen LogP contribution in [0.2, 0.25) is 0 Å². The summed E-state index contributed by atoms with van der Waals surface area (Å²) in [5.74, 6) is 0.204. The predicted octanol–water partition coefficient (Wildman–Crippen LogP) is 5.16. The molecule has 1 saturated carbocycles. The van der Waals surface area contributed by atoms with Crippen LogP contribution in [0.5, 0.6) is 11.5 Å². The first-order valence-electron chi connectivity index (χ1n) is 14.8. The van der Waals surface area contributed by atoms with Crippen molar-refractivity contribution >= 4 is 27.5 Å². The number of carbonyl (C=O) groups is 2. The summed E-state index contributed by atoms with van der Waals surface area (Å²) in [6, 6.07) is 21.3. The van der Waals surface area contributed by atoms with Gasteiger partial charge in [0.25, 0.3) is 10.0 Å². The summed E-state index contributed by atoms with van der Waals surface area (Å²) in [6.07, 6.45) is 4.28. The molecule has 2 amide bonds. The third-order valence-corrected chi connectivity index (χ3v) is 9.39. The van der Waals surface area contributed by atoms with Gasteiger partial charge in [-0.25, -0.2) is 8.42 Å². The van der Waals surface area contributed by atoms with Crippen LogP contribution in [0, 0.1) is 0 Å². The van der Waals surface area contributed by atoms with Gasteiger partial charge in [-0.15, -0.1) is 0 Å². The zero-order chi connectivity index (χ0) is 30.8. The normalized spacial score (nSPS) is 14.1. The molecule has 3 aromatic carbocycles. The summed E-state index contributed by atoms with van der Waals surface area (Å²) < 4.78 is 40.4. The van der Waals surface area contributed by atoms with Crippen LogP contribution < -0.4 is 19.1 Å². The lowest BCUT2D eigenvalue weighted by Crippen LogP contribution is -2.53. The molecular weight excluding hydrogens is 566 g/mol. The molecule has 0 unspecified atom stereocenters. The van der Waals surface area contributed by atoms with Gasteiger partial charge in [0.05, 0.1) is 24.3 Å². The average molecular weight is 608 g/mol. The van der Waals surface area contributed by atoms with E-state index in [-0.39, 0.29) is 29.1 Å². The fourth-order valence-corrected chi connectivity index (χ4v) is 6.87. The van der Waals surface area contributed by atoms with E-state index in [9.17, 15) is 18.0 Å². The zero-order valence-electron chi connectivity index (χ0n) is 25.1. The van der Waals surface area contributed by atoms with E-state index in [0.717, 1.165) is 35.6 Å². The standard InChI is InChI=1S/C33H41N3O6S/c1-4-29(33(38)34-26-15-9-10-16-26)35(23-25-14-13-17-27(22-25)41-3)32(37)24-36(30-20-11-12-21-31(30)42-5-2)43(39,40)28-18-7-6-8-19-28/h6-8,11-14,17-22,26,29H,4-5,9-10,15-16,23-24H2,1-3H3,(H,34,38)/t29-/m1/s1. The van der Waals surface area contributed by atoms with Crippen LogP contribution in [-0.2, 0) is 26.2 Å². The van der Waals surface area contributed by atoms with Crippen LogP contribution in [0.1, 0.15) is 51.5 Å². The number of hydrogen-bond acceptors (Lipinski definition) is 6. The van der Waals surface area contributed by atoms with Crippen molar-refractivity contribution in [1.82, 2.24) is 10.2 Å². The van der Waals surface area contributed by atoms with Crippen molar-refractivity contribution in [1.29, 1.82) is 0 Å². The summed E-state index contributed by atoms with van der Waals surface area (Å²) >= 11 is 0. The van der Waals surface area contributed by atoms with Gasteiger partial charge in [-0.05, 0) is 68.1 Å². The molecule has 3 aromatic rings. The van der Waals surface area contributed by atoms with Crippen LogP contribution in [0.4, 0.5) is 5.69 Å². The number of hydrogen-bond donors (Lipinski definition) is 1. The Labute approximate surface area is 254 Å². The molecule has 1 aliphatic carbocycles. The molecule has 0 saturated heterocycles. The van der Waals surface area contributed by atoms with Gasteiger partial charge in [-0.3, -0.25) is 13.9 Å². The molecule has 0 bridgehead atoms. The number of ether oxygens (including phenoxy) is 2. The number of benzene rings is 3. The number of carbonyl (C=O) groups excluding carboxylic acids is 2. The van der Waals surface area contributed by atoms with Gasteiger partial charge in [-0.1, -0.05) is 62.2 Å². The monoisotopic (exact) mass is 607 g/mol. The molecule has 10 heteroatoms. The highest BCUT2D eigenvalue weighted by molar-refractivity contribution is 7.92. The number of nitrogens with one attached hydrogen (secondary N) is 1. The number of nitrogens with zero attached hydrogens (tertiary/aromatic N) is 2. The molecule has 9 nitrogen and oxygen atoms in total. The van der Waals surface area contributed by atoms with Crippen molar-refractivity contribution in [2.45, 2.75) is 69.5 Å². The van der Waals surface area contributed by atoms with Crippen LogP contribution in [0.3, 0.4) is 0 Å². The van der Waals surface area contributed by atoms with Crippen molar-refractivity contribution in [3.8, 4) is 11.5 Å². The summed E-state index contributed by atoms with van der Waals surface area (Å²) in [4.78, 5) is 29.5. The van der Waals surface area contributed by atoms with Gasteiger partial charge < -0.3 is 19.7 Å². The molecule has 4 rings (SSSR count). The van der Waals surface area contributed by atoms with E-state index in [0.29, 0.717) is 24.5 Å². The number of methoxy groups -OCH3 is 1. The first kappa shape index (κ1) is 31.9. The third-order valence-electron chi connectivity index (χ3n) is 7.62. The van der Waals surface area contributed by atoms with E-state index < -0.39 is 28.5 Å². The molecule has 0 aliphatic heterocycles. The highest BCUT2D eigenvalue weighted by Gasteiger charge is 2.35. The second-order valence-corrected chi connectivity index (χ2v) is 12.4. The molecule has 0 radical (unpaired) electrons. The van der Waals surface area contributed by atoms with E-state index in [4.69, 9.17) is 9.47 Å². The van der Waals surface area contributed by atoms with Gasteiger partial charge in [-0.2, -0.15) is 0 Å². The summed E-state index contributed by atoms with van der Waals surface area (Å²) in [5.41, 5.74) is 0.998. The number of para-hydroxylation sites is 2. The molecule has 1 fully saturated rings. The number of rotatable bonds is 14. The van der Waals surface area contributed by atoms with Crippen LogP contribution in [-0.4, -0.2) is 57.5 Å². The molecule has 1 N–H and O–H groups in total. The first-order valence-corrected chi connectivity index (χ1v) is 16.2. The van der Waals surface area contributed by atoms with Crippen molar-refractivity contribution in [2.75, 3.05) is 24.6 Å². The zero-order valence-corrected chi connectivity index (χ0v) is 25.9. The maximum atomic E-state index is 14.3. The van der Waals surface area contributed by atoms with Gasteiger partial charge >= 0.3 is 0 Å². The Morgan fingerprint density at radius 3 is 2.33 bits per heavy atom. The van der Waals surface area contributed by atoms with Gasteiger partial charge in [0.2, 0.25) is 11.8 Å². The predicted molar refractivity (Wildman–Crippen MR) is 167 cm³/mol. The maximum Gasteiger partial charge on any atom is 0.264 e. The lowest BCUT2D eigenvalue weighted by Gasteiger charge is -2.34. The van der Waals surface area contributed by atoms with Crippen molar-refractivity contribution in [2.24, 2.45) is 0 Å². The SMILES string of the molecule is CCOc1ccccc1N(CC(=O)N(Cc1cccc(OC)c1)[C@H](CC)C(=O)NC1CCCC1)S(=O)(=O)c1ccccc1. The fourth-order valence-electron chi connectivity index (χ4n) is 5.43. The number of sulfonamides is 1. The maximum absolute atomic E-state index is 14.3. The Balaban J connectivity index is 1.75. The lowest BCUT2D eigenvalue weighted by atomic mass is 10.1. The van der Waals surface area contributed by atoms with Crippen LogP contribution in [0.25, 0.3) is 0 Å². The number of amides is 2. The smallest absolute Gasteiger partial charge is 0.264 e. The lowest BCUT2D eigenvalue weighted by molar-refractivity contribution is -0.140. The van der Waals surface area contributed by atoms with E-state index in [1.807, 2.05) is 32.0 Å². The van der Waals surface area contributed by atoms with Gasteiger partial charge in [0.1, 0.15) is 24.1 Å². The van der Waals surface area contributed by atoms with E-state index in [2.05, 4.69) is 5.32 Å². The van der Waals surface area contributed by atoms with E-state index in [1.54, 1.807) is 55.6 Å². The summed E-state index contributed by atoms with van der Waals surface area (Å²) in [5, 5.41) is 3.13. The molecule has 0 heterocycles. The minimum atomic E-state index is -4.19. The van der Waals surface area contributed by atoms with Gasteiger partial charge in [0.15, 0.2) is 0 Å². The topological polar surface area (TPSA) is 105 Å². The molecular formula is C33H41N3O6S. The minimum absolute atomic E-state index is 0.0412. The van der Waals surface area contributed by atoms with Crippen LogP contribution in [0.15, 0.2) is 83.8 Å². The fraction of sp³-hybridized carbons (Fsp3) is 0.394. The summed E-state index contributed by atoms with van der Waals surface area (Å²) in [7, 11) is -2.63. The Kier molecular flexibility index (Phi) is 11.1. The Morgan fingerprint density at radius 1 is 0.953 bits per heavy atom. The quantitative estimate of drug-likeness (QED) is 0.272. The second-order valence-electron chi connectivity index (χ2n) is 10.5. The molecule has 0 spiro atoms. The van der Waals surface area contributed by atoms with Gasteiger partial charge in [0, 0.05) is 12.6 Å². The number of anilines is 1. The average Bonchev–Trinajstić information content (AvgIpc) is 3.53. The Bertz CT molecular complexity index is 1470. The largest absolute Gasteiger partial charge is 0.497 e. The molecule has 1 atom stereocenters. The highest BCUT2D eigenvalue weighted by Crippen LogP contribution is 2.33. The van der Waals surface area contributed by atoms with E-state index in [1.165, 1.54) is 17.0 Å². The highest BCUT2D eigenvalue weighted by atomic mass is 32.2. The second kappa shape index (κ2) is 14.9. The Hall–Kier alpha value is -4.05. The van der Waals surface area contributed by atoms with E-state index >= 15 is 0 Å². The third kappa shape index (κ3) is 7.87. The first-order chi connectivity index (χ1) is 20.8. The minimum Gasteiger partial charge on any atom is -0.497 e. The molecule has 1 aliphatic rings. The van der Waals surface area contributed by atoms with Crippen molar-refractivity contribution in [3.63, 3.8) is 0 Å². The molecule has 43 heavy (non-hydrogen) atoms. The molecule has 0 aromatic heterocycles. The Morgan fingerprint density at radius 2 is 1.65 bits per heavy atom. The molecule has 230 valence electrons. The van der Waals surface area contributed by atoms with Crippen LogP contribution >= 0.6 is 0 Å². The van der Waals surface area contributed by atoms with Crippen molar-refractivity contribution in [3.05, 3.63) is 84.4 Å².